The first kappa shape index (κ1) is 44.4. The van der Waals surface area contributed by atoms with Gasteiger partial charge >= 0.3 is 0 Å². The predicted molar refractivity (Wildman–Crippen MR) is 292 cm³/mol. The molecule has 0 aliphatic heterocycles. The van der Waals surface area contributed by atoms with Crippen molar-refractivity contribution in [2.45, 2.75) is 0 Å². The van der Waals surface area contributed by atoms with Gasteiger partial charge in [0.15, 0.2) is 0 Å². The van der Waals surface area contributed by atoms with Gasteiger partial charge in [0.25, 0.3) is 0 Å². The van der Waals surface area contributed by atoms with Crippen molar-refractivity contribution in [2.75, 3.05) is 0 Å². The minimum absolute atomic E-state index is 1.18. The first-order chi connectivity index (χ1) is 33.7. The van der Waals surface area contributed by atoms with Crippen molar-refractivity contribution in [3.05, 3.63) is 359 Å². The standard InChI is InChI=1S/C40H30.C28H22/c1-5-13-35(14-6-1)39(36-15-7-2-8-16-36)29-31-21-25-33(26-22-31)34-27-23-32(24-28-34)30-40(37-17-9-3-10-18-37)38-19-11-4-12-20-38;1-5-13-23(14-6-1)27(24-15-7-2-8-16-24)21-22-28(25-17-9-3-10-18-25)26-19-11-4-12-20-26/h1-30H;1-22H. The van der Waals surface area contributed by atoms with Crippen LogP contribution < -0.4 is 0 Å². The van der Waals surface area contributed by atoms with Crippen molar-refractivity contribution in [3.63, 3.8) is 0 Å². The van der Waals surface area contributed by atoms with Crippen LogP contribution in [0, 0.1) is 0 Å². The maximum Gasteiger partial charge on any atom is -0.0105 e. The second kappa shape index (κ2) is 22.9. The van der Waals surface area contributed by atoms with Crippen LogP contribution in [0.1, 0.15) is 55.6 Å². The number of benzene rings is 10. The molecular formula is C68H52. The highest BCUT2D eigenvalue weighted by Gasteiger charge is 2.09. The zero-order chi connectivity index (χ0) is 46.0. The molecule has 10 rings (SSSR count). The zero-order valence-electron chi connectivity index (χ0n) is 38.0. The van der Waals surface area contributed by atoms with Crippen molar-refractivity contribution in [3.8, 4) is 11.1 Å². The van der Waals surface area contributed by atoms with Crippen LogP contribution >= 0.6 is 0 Å². The lowest BCUT2D eigenvalue weighted by atomic mass is 9.94. The summed E-state index contributed by atoms with van der Waals surface area (Å²) in [5.41, 5.74) is 19.4. The number of rotatable bonds is 12. The van der Waals surface area contributed by atoms with E-state index >= 15 is 0 Å². The molecule has 0 spiro atoms. The Morgan fingerprint density at radius 1 is 0.176 bits per heavy atom. The van der Waals surface area contributed by atoms with Gasteiger partial charge in [-0.05, 0) is 101 Å². The lowest BCUT2D eigenvalue weighted by molar-refractivity contribution is 1.53. The van der Waals surface area contributed by atoms with Gasteiger partial charge in [-0.1, -0.05) is 303 Å². The van der Waals surface area contributed by atoms with Crippen molar-refractivity contribution in [2.24, 2.45) is 0 Å². The fourth-order valence-electron chi connectivity index (χ4n) is 8.37. The van der Waals surface area contributed by atoms with E-state index in [9.17, 15) is 0 Å². The largest absolute Gasteiger partial charge is 0.0622 e. The maximum absolute atomic E-state index is 2.27. The molecule has 0 heterocycles. The van der Waals surface area contributed by atoms with Gasteiger partial charge in [0.05, 0.1) is 0 Å². The Kier molecular flexibility index (Phi) is 14.9. The molecule has 68 heavy (non-hydrogen) atoms. The van der Waals surface area contributed by atoms with E-state index in [1.54, 1.807) is 0 Å². The molecule has 0 bridgehead atoms. The third kappa shape index (κ3) is 11.7. The molecule has 0 saturated carbocycles. The van der Waals surface area contributed by atoms with E-state index in [1.807, 2.05) is 0 Å². The van der Waals surface area contributed by atoms with Crippen LogP contribution in [0.2, 0.25) is 0 Å². The number of hydrogen-bond donors (Lipinski definition) is 0. The van der Waals surface area contributed by atoms with Crippen LogP contribution in [0.25, 0.3) is 45.6 Å². The topological polar surface area (TPSA) is 0 Å². The summed E-state index contributed by atoms with van der Waals surface area (Å²) >= 11 is 0. The second-order valence-electron chi connectivity index (χ2n) is 16.4. The third-order valence-corrected chi connectivity index (χ3v) is 11.9. The first-order valence-electron chi connectivity index (χ1n) is 23.2. The SMILES string of the molecule is C(=C(c1ccccc1)c1ccccc1)c1ccc(-c2ccc(C=C(c3ccccc3)c3ccccc3)cc2)cc1.C(C=C(c1ccccc1)c1ccccc1)=C(c1ccccc1)c1ccccc1. The fraction of sp³-hybridized carbons (Fsp3) is 0. The molecule has 0 N–H and O–H groups in total. The highest BCUT2D eigenvalue weighted by Crippen LogP contribution is 2.31. The predicted octanol–water partition coefficient (Wildman–Crippen LogP) is 17.8. The van der Waals surface area contributed by atoms with Crippen LogP contribution in [-0.2, 0) is 0 Å². The summed E-state index contributed by atoms with van der Waals surface area (Å²) in [7, 11) is 0. The summed E-state index contributed by atoms with van der Waals surface area (Å²) in [6.45, 7) is 0. The van der Waals surface area contributed by atoms with E-state index in [-0.39, 0.29) is 0 Å². The van der Waals surface area contributed by atoms with Crippen LogP contribution in [0.4, 0.5) is 0 Å². The summed E-state index contributed by atoms with van der Waals surface area (Å²) < 4.78 is 0. The Hall–Kier alpha value is -8.84. The molecule has 324 valence electrons. The van der Waals surface area contributed by atoms with E-state index in [4.69, 9.17) is 0 Å². The van der Waals surface area contributed by atoms with Crippen LogP contribution in [-0.4, -0.2) is 0 Å². The molecule has 0 fully saturated rings. The van der Waals surface area contributed by atoms with Gasteiger partial charge in [-0.2, -0.15) is 0 Å². The average molecular weight is 869 g/mol. The molecule has 0 nitrogen and oxygen atoms in total. The molecule has 0 atom stereocenters. The van der Waals surface area contributed by atoms with Crippen LogP contribution in [0.5, 0.6) is 0 Å². The lowest BCUT2D eigenvalue weighted by Gasteiger charge is -2.10. The second-order valence-corrected chi connectivity index (χ2v) is 16.4. The van der Waals surface area contributed by atoms with Crippen molar-refractivity contribution < 1.29 is 0 Å². The highest BCUT2D eigenvalue weighted by atomic mass is 14.1. The maximum atomic E-state index is 2.27. The molecule has 0 radical (unpaired) electrons. The van der Waals surface area contributed by atoms with Gasteiger partial charge in [0, 0.05) is 0 Å². The molecule has 0 aromatic heterocycles. The summed E-state index contributed by atoms with van der Waals surface area (Å²) in [6.07, 6.45) is 9.02. The Labute approximate surface area is 402 Å². The van der Waals surface area contributed by atoms with Gasteiger partial charge in [-0.3, -0.25) is 0 Å². The number of hydrogen-bond acceptors (Lipinski definition) is 0. The Morgan fingerprint density at radius 3 is 0.544 bits per heavy atom. The Bertz CT molecular complexity index is 2810. The molecule has 0 amide bonds. The van der Waals surface area contributed by atoms with Crippen LogP contribution in [0.3, 0.4) is 0 Å². The van der Waals surface area contributed by atoms with Gasteiger partial charge in [0.1, 0.15) is 0 Å². The lowest BCUT2D eigenvalue weighted by Crippen LogP contribution is -1.89. The monoisotopic (exact) mass is 868 g/mol. The van der Waals surface area contributed by atoms with Crippen molar-refractivity contribution in [1.82, 2.24) is 0 Å². The summed E-state index contributed by atoms with van der Waals surface area (Å²) in [5, 5.41) is 0. The van der Waals surface area contributed by atoms with Gasteiger partial charge in [-0.15, -0.1) is 0 Å². The van der Waals surface area contributed by atoms with Gasteiger partial charge in [-0.25, -0.2) is 0 Å². The van der Waals surface area contributed by atoms with Crippen molar-refractivity contribution in [1.29, 1.82) is 0 Å². The van der Waals surface area contributed by atoms with E-state index in [0.717, 1.165) is 0 Å². The number of allylic oxidation sites excluding steroid dienone is 2. The first-order valence-corrected chi connectivity index (χ1v) is 23.2. The Morgan fingerprint density at radius 2 is 0.353 bits per heavy atom. The van der Waals surface area contributed by atoms with Crippen molar-refractivity contribution >= 4 is 34.4 Å². The summed E-state index contributed by atoms with van der Waals surface area (Å²) in [4.78, 5) is 0. The molecule has 10 aromatic carbocycles. The molecule has 0 saturated heterocycles. The normalized spacial score (nSPS) is 10.4. The molecule has 0 heteroatoms. The zero-order valence-corrected chi connectivity index (χ0v) is 38.0. The molecular weight excluding hydrogens is 817 g/mol. The molecule has 10 aromatic rings. The minimum Gasteiger partial charge on any atom is -0.0622 e. The van der Waals surface area contributed by atoms with E-state index in [1.165, 1.54) is 89.1 Å². The molecule has 0 aliphatic rings. The van der Waals surface area contributed by atoms with E-state index < -0.39 is 0 Å². The molecule has 0 aliphatic carbocycles. The van der Waals surface area contributed by atoms with Gasteiger partial charge < -0.3 is 0 Å². The molecule has 0 unspecified atom stereocenters. The van der Waals surface area contributed by atoms with Crippen LogP contribution in [0.15, 0.2) is 303 Å². The smallest absolute Gasteiger partial charge is 0.0105 e. The summed E-state index contributed by atoms with van der Waals surface area (Å²) in [6, 6.07) is 102. The summed E-state index contributed by atoms with van der Waals surface area (Å²) in [5.74, 6) is 0. The van der Waals surface area contributed by atoms with E-state index in [0.29, 0.717) is 0 Å². The Balaban J connectivity index is 0.000000181. The van der Waals surface area contributed by atoms with Gasteiger partial charge in [0.2, 0.25) is 0 Å². The fourth-order valence-corrected chi connectivity index (χ4v) is 8.37. The highest BCUT2D eigenvalue weighted by molar-refractivity contribution is 5.93. The third-order valence-electron chi connectivity index (χ3n) is 11.9. The quantitative estimate of drug-likeness (QED) is 0.0848. The average Bonchev–Trinajstić information content (AvgIpc) is 3.43. The van der Waals surface area contributed by atoms with E-state index in [2.05, 4.69) is 315 Å². The minimum atomic E-state index is 1.18.